The molecule has 0 amide bonds. The van der Waals surface area contributed by atoms with Gasteiger partial charge in [-0.05, 0) is 76.6 Å². The summed E-state index contributed by atoms with van der Waals surface area (Å²) in [5.74, 6) is 0.998. The number of rotatable bonds is 2. The molecule has 2 aromatic carbocycles. The van der Waals surface area contributed by atoms with Gasteiger partial charge in [0.1, 0.15) is 0 Å². The summed E-state index contributed by atoms with van der Waals surface area (Å²) in [6.07, 6.45) is 4.70. The van der Waals surface area contributed by atoms with Crippen molar-refractivity contribution in [2.45, 2.75) is 58.3 Å². The van der Waals surface area contributed by atoms with Crippen molar-refractivity contribution in [2.75, 3.05) is 12.4 Å². The number of nitrogens with one attached hydrogen (secondary N) is 1. The Morgan fingerprint density at radius 2 is 1.64 bits per heavy atom. The molecule has 28 heavy (non-hydrogen) atoms. The second kappa shape index (κ2) is 7.23. The summed E-state index contributed by atoms with van der Waals surface area (Å²) in [4.78, 5) is 1.37. The van der Waals surface area contributed by atoms with Crippen molar-refractivity contribution in [3.8, 4) is 11.1 Å². The molecule has 0 atom stereocenters. The minimum atomic E-state index is 0.205. The zero-order valence-electron chi connectivity index (χ0n) is 17.6. The molecule has 1 aliphatic heterocycles. The van der Waals surface area contributed by atoms with Crippen LogP contribution in [0.25, 0.3) is 17.2 Å². The summed E-state index contributed by atoms with van der Waals surface area (Å²) in [6.45, 7) is 12.7. The Kier molecular flexibility index (Phi) is 5.18. The molecule has 1 nitrogen and oxygen atoms in total. The average Bonchev–Trinajstić information content (AvgIpc) is 3.12. The molecule has 1 fully saturated rings. The van der Waals surface area contributed by atoms with Gasteiger partial charge in [0.2, 0.25) is 0 Å². The molecule has 0 aromatic heterocycles. The number of benzene rings is 2. The number of hydrogen-bond donors (Lipinski definition) is 1. The van der Waals surface area contributed by atoms with Gasteiger partial charge in [0.25, 0.3) is 0 Å². The average molecular weight is 412 g/mol. The lowest BCUT2D eigenvalue weighted by Gasteiger charge is -2.42. The molecule has 2 aliphatic rings. The fourth-order valence-electron chi connectivity index (χ4n) is 4.50. The van der Waals surface area contributed by atoms with Crippen LogP contribution < -0.4 is 5.32 Å². The maximum Gasteiger partial charge on any atom is 0.0490 e. The standard InChI is InChI=1S/C25H30ClNS/c1-16-10-21-22(25(4,5)9-8-24(21,2)3)13-20(16)19-7-6-17(12-23(19)26)11-18-14-27-15-28-18/h6-7,10-13,27H,8-9,14-15H2,1-5H3. The number of aryl methyl sites for hydroxylation is 1. The van der Waals surface area contributed by atoms with Crippen molar-refractivity contribution < 1.29 is 0 Å². The van der Waals surface area contributed by atoms with Crippen molar-refractivity contribution in [3.63, 3.8) is 0 Å². The summed E-state index contributed by atoms with van der Waals surface area (Å²) < 4.78 is 0. The minimum absolute atomic E-state index is 0.205. The Balaban J connectivity index is 1.79. The van der Waals surface area contributed by atoms with E-state index in [1.165, 1.54) is 45.6 Å². The van der Waals surface area contributed by atoms with Crippen LogP contribution in [-0.4, -0.2) is 12.4 Å². The second-order valence-electron chi connectivity index (χ2n) is 9.55. The Morgan fingerprint density at radius 3 is 2.25 bits per heavy atom. The Morgan fingerprint density at radius 1 is 0.964 bits per heavy atom. The van der Waals surface area contributed by atoms with Gasteiger partial charge in [-0.3, -0.25) is 0 Å². The molecular weight excluding hydrogens is 382 g/mol. The predicted molar refractivity (Wildman–Crippen MR) is 125 cm³/mol. The molecule has 0 saturated carbocycles. The normalized spacial score (nSPS) is 21.7. The van der Waals surface area contributed by atoms with Crippen LogP contribution >= 0.6 is 23.4 Å². The van der Waals surface area contributed by atoms with Gasteiger partial charge in [-0.25, -0.2) is 0 Å². The molecular formula is C25H30ClNS. The first-order chi connectivity index (χ1) is 13.2. The SMILES string of the molecule is Cc1cc2c(cc1-c1ccc(C=C3CNCS3)cc1Cl)C(C)(C)CCC2(C)C. The van der Waals surface area contributed by atoms with Crippen LogP contribution in [0, 0.1) is 6.92 Å². The van der Waals surface area contributed by atoms with E-state index in [2.05, 4.69) is 76.3 Å². The van der Waals surface area contributed by atoms with E-state index < -0.39 is 0 Å². The van der Waals surface area contributed by atoms with E-state index in [1.807, 2.05) is 11.8 Å². The summed E-state index contributed by atoms with van der Waals surface area (Å²) >= 11 is 8.65. The lowest BCUT2D eigenvalue weighted by molar-refractivity contribution is 0.332. The maximum absolute atomic E-state index is 6.78. The highest BCUT2D eigenvalue weighted by molar-refractivity contribution is 8.03. The van der Waals surface area contributed by atoms with Crippen LogP contribution in [0.3, 0.4) is 0 Å². The van der Waals surface area contributed by atoms with Gasteiger partial charge >= 0.3 is 0 Å². The zero-order chi connectivity index (χ0) is 20.1. The highest BCUT2D eigenvalue weighted by Crippen LogP contribution is 2.48. The van der Waals surface area contributed by atoms with Gasteiger partial charge in [-0.2, -0.15) is 0 Å². The fourth-order valence-corrected chi connectivity index (χ4v) is 5.60. The molecule has 0 radical (unpaired) electrons. The number of hydrogen-bond acceptors (Lipinski definition) is 2. The first-order valence-corrected chi connectivity index (χ1v) is 11.5. The van der Waals surface area contributed by atoms with Gasteiger partial charge < -0.3 is 5.32 Å². The van der Waals surface area contributed by atoms with Crippen LogP contribution in [0.2, 0.25) is 5.02 Å². The highest BCUT2D eigenvalue weighted by Gasteiger charge is 2.37. The van der Waals surface area contributed by atoms with Gasteiger partial charge in [0.15, 0.2) is 0 Å². The molecule has 0 unspecified atom stereocenters. The second-order valence-corrected chi connectivity index (χ2v) is 11.1. The van der Waals surface area contributed by atoms with E-state index >= 15 is 0 Å². The van der Waals surface area contributed by atoms with Gasteiger partial charge in [0.05, 0.1) is 0 Å². The van der Waals surface area contributed by atoms with Gasteiger partial charge in [-0.15, -0.1) is 11.8 Å². The lowest BCUT2D eigenvalue weighted by Crippen LogP contribution is -2.34. The van der Waals surface area contributed by atoms with Gasteiger partial charge in [-0.1, -0.05) is 57.5 Å². The number of fused-ring (bicyclic) bond motifs is 1. The van der Waals surface area contributed by atoms with Crippen LogP contribution in [-0.2, 0) is 10.8 Å². The highest BCUT2D eigenvalue weighted by atomic mass is 35.5. The molecule has 0 spiro atoms. The quantitative estimate of drug-likeness (QED) is 0.556. The third kappa shape index (κ3) is 3.67. The van der Waals surface area contributed by atoms with Crippen LogP contribution in [0.4, 0.5) is 0 Å². The van der Waals surface area contributed by atoms with Crippen LogP contribution in [0.1, 0.15) is 62.8 Å². The predicted octanol–water partition coefficient (Wildman–Crippen LogP) is 7.30. The summed E-state index contributed by atoms with van der Waals surface area (Å²) in [5.41, 5.74) is 8.34. The van der Waals surface area contributed by atoms with E-state index in [9.17, 15) is 0 Å². The molecule has 4 rings (SSSR count). The summed E-state index contributed by atoms with van der Waals surface area (Å²) in [7, 11) is 0. The molecule has 148 valence electrons. The first kappa shape index (κ1) is 20.1. The zero-order valence-corrected chi connectivity index (χ0v) is 19.2. The third-order valence-corrected chi connectivity index (χ3v) is 7.76. The lowest BCUT2D eigenvalue weighted by atomic mass is 9.62. The first-order valence-electron chi connectivity index (χ1n) is 10.2. The van der Waals surface area contributed by atoms with Crippen molar-refractivity contribution in [1.29, 1.82) is 0 Å². The molecule has 1 aliphatic carbocycles. The van der Waals surface area contributed by atoms with Crippen molar-refractivity contribution in [3.05, 3.63) is 62.5 Å². The fraction of sp³-hybridized carbons (Fsp3) is 0.440. The van der Waals surface area contributed by atoms with Crippen molar-refractivity contribution in [1.82, 2.24) is 5.32 Å². The number of thioether (sulfide) groups is 1. The van der Waals surface area contributed by atoms with Crippen LogP contribution in [0.5, 0.6) is 0 Å². The molecule has 3 heteroatoms. The van der Waals surface area contributed by atoms with Crippen molar-refractivity contribution in [2.24, 2.45) is 0 Å². The van der Waals surface area contributed by atoms with Gasteiger partial charge in [0, 0.05) is 27.9 Å². The topological polar surface area (TPSA) is 12.0 Å². The number of halogens is 1. The molecule has 2 aromatic rings. The maximum atomic E-state index is 6.78. The Hall–Kier alpha value is -1.22. The smallest absolute Gasteiger partial charge is 0.0490 e. The van der Waals surface area contributed by atoms with E-state index in [0.29, 0.717) is 0 Å². The van der Waals surface area contributed by atoms with E-state index in [-0.39, 0.29) is 10.8 Å². The largest absolute Gasteiger partial charge is 0.303 e. The van der Waals surface area contributed by atoms with E-state index in [0.717, 1.165) is 23.0 Å². The Labute approximate surface area is 179 Å². The summed E-state index contributed by atoms with van der Waals surface area (Å²) in [5, 5.41) is 4.19. The molecule has 0 bridgehead atoms. The van der Waals surface area contributed by atoms with Crippen LogP contribution in [0.15, 0.2) is 35.2 Å². The third-order valence-electron chi connectivity index (χ3n) is 6.47. The van der Waals surface area contributed by atoms with E-state index in [4.69, 9.17) is 11.6 Å². The monoisotopic (exact) mass is 411 g/mol. The van der Waals surface area contributed by atoms with E-state index in [1.54, 1.807) is 0 Å². The minimum Gasteiger partial charge on any atom is -0.303 e. The molecule has 1 N–H and O–H groups in total. The molecule has 1 saturated heterocycles. The summed E-state index contributed by atoms with van der Waals surface area (Å²) in [6, 6.07) is 11.3. The molecule has 1 heterocycles. The Bertz CT molecular complexity index is 947. The van der Waals surface area contributed by atoms with Crippen molar-refractivity contribution >= 4 is 29.4 Å².